The average Bonchev–Trinajstić information content (AvgIpc) is 3.45. The fraction of sp³-hybridized carbons (Fsp3) is 0.276. The molecule has 0 aliphatic carbocycles. The molecule has 4 aromatic rings. The zero-order valence-electron chi connectivity index (χ0n) is 21.6. The zero-order valence-corrected chi connectivity index (χ0v) is 22.4. The quantitative estimate of drug-likeness (QED) is 0.386. The molecule has 0 unspecified atom stereocenters. The molecule has 2 aromatic heterocycles. The van der Waals surface area contributed by atoms with Gasteiger partial charge in [0.05, 0.1) is 22.9 Å². The summed E-state index contributed by atoms with van der Waals surface area (Å²) in [6.07, 6.45) is 1.74. The third kappa shape index (κ3) is 4.21. The Hall–Kier alpha value is -3.91. The van der Waals surface area contributed by atoms with Crippen LogP contribution in [-0.4, -0.2) is 35.6 Å². The maximum atomic E-state index is 14.0. The monoisotopic (exact) mass is 515 g/mol. The lowest BCUT2D eigenvalue weighted by atomic mass is 9.90. The molecule has 5 rings (SSSR count). The maximum Gasteiger partial charge on any atom is 0.271 e. The Labute approximate surface area is 218 Å². The van der Waals surface area contributed by atoms with Crippen molar-refractivity contribution in [2.45, 2.75) is 33.7 Å². The number of thiazole rings is 1. The summed E-state index contributed by atoms with van der Waals surface area (Å²) in [5, 5.41) is 1.92. The molecule has 190 valence electrons. The van der Waals surface area contributed by atoms with Crippen LogP contribution < -0.4 is 19.6 Å². The van der Waals surface area contributed by atoms with Gasteiger partial charge in [-0.2, -0.15) is 0 Å². The Kier molecular flexibility index (Phi) is 6.60. The smallest absolute Gasteiger partial charge is 0.271 e. The first-order valence-corrected chi connectivity index (χ1v) is 13.1. The van der Waals surface area contributed by atoms with Gasteiger partial charge in [0.1, 0.15) is 23.3 Å². The standard InChI is InChI=1S/C29H29N3O4S/c1-6-31(7-2)28(34)24-18(4)30-29-32(27(33)23(37-29)16-20-14-12-17(3)36-20)26(24)25-21-11-9-8-10-19(21)13-15-22(25)35-5/h8-16,26H,6-7H2,1-5H3/b23-16+/t26-/m1/s1. The minimum atomic E-state index is -0.703. The second kappa shape index (κ2) is 9.86. The fourth-order valence-corrected chi connectivity index (χ4v) is 5.97. The second-order valence-corrected chi connectivity index (χ2v) is 9.92. The molecule has 0 bridgehead atoms. The number of fused-ring (bicyclic) bond motifs is 2. The van der Waals surface area contributed by atoms with Gasteiger partial charge in [-0.15, -0.1) is 0 Å². The molecule has 1 aliphatic rings. The van der Waals surface area contributed by atoms with Crippen LogP contribution in [0, 0.1) is 6.92 Å². The number of carbonyl (C=O) groups is 1. The highest BCUT2D eigenvalue weighted by Gasteiger charge is 2.36. The van der Waals surface area contributed by atoms with Crippen LogP contribution >= 0.6 is 11.3 Å². The summed E-state index contributed by atoms with van der Waals surface area (Å²) < 4.78 is 13.7. The van der Waals surface area contributed by atoms with E-state index in [0.29, 0.717) is 45.2 Å². The van der Waals surface area contributed by atoms with Gasteiger partial charge in [0.2, 0.25) is 0 Å². The van der Waals surface area contributed by atoms with Crippen LogP contribution in [0.2, 0.25) is 0 Å². The first-order valence-electron chi connectivity index (χ1n) is 12.3. The number of hydrogen-bond acceptors (Lipinski definition) is 6. The summed E-state index contributed by atoms with van der Waals surface area (Å²) in [6.45, 7) is 8.70. The third-order valence-corrected chi connectivity index (χ3v) is 7.74. The number of likely N-dealkylation sites (N-methyl/N-ethyl adjacent to an activating group) is 1. The number of methoxy groups -OCH3 is 1. The first-order chi connectivity index (χ1) is 17.9. The van der Waals surface area contributed by atoms with Gasteiger partial charge in [-0.05, 0) is 56.7 Å². The third-order valence-electron chi connectivity index (χ3n) is 6.76. The van der Waals surface area contributed by atoms with Gasteiger partial charge >= 0.3 is 0 Å². The summed E-state index contributed by atoms with van der Waals surface area (Å²) in [5.74, 6) is 1.83. The lowest BCUT2D eigenvalue weighted by Crippen LogP contribution is -2.43. The van der Waals surface area contributed by atoms with Crippen LogP contribution in [0.1, 0.15) is 43.9 Å². The number of ether oxygens (including phenoxy) is 1. The Balaban J connectivity index is 1.86. The van der Waals surface area contributed by atoms with E-state index in [9.17, 15) is 9.59 Å². The molecule has 2 aromatic carbocycles. The van der Waals surface area contributed by atoms with E-state index in [1.165, 1.54) is 11.3 Å². The van der Waals surface area contributed by atoms with E-state index in [0.717, 1.165) is 22.1 Å². The molecule has 7 nitrogen and oxygen atoms in total. The van der Waals surface area contributed by atoms with E-state index >= 15 is 0 Å². The van der Waals surface area contributed by atoms with Crippen LogP contribution in [0.25, 0.3) is 16.8 Å². The van der Waals surface area contributed by atoms with Crippen molar-refractivity contribution in [2.75, 3.05) is 20.2 Å². The molecule has 1 amide bonds. The lowest BCUT2D eigenvalue weighted by Gasteiger charge is -2.30. The van der Waals surface area contributed by atoms with Gasteiger partial charge in [0, 0.05) is 24.7 Å². The Morgan fingerprint density at radius 1 is 1.14 bits per heavy atom. The van der Waals surface area contributed by atoms with Crippen molar-refractivity contribution in [2.24, 2.45) is 4.99 Å². The minimum absolute atomic E-state index is 0.137. The van der Waals surface area contributed by atoms with E-state index < -0.39 is 6.04 Å². The van der Waals surface area contributed by atoms with Crippen LogP contribution in [-0.2, 0) is 4.79 Å². The van der Waals surface area contributed by atoms with E-state index in [1.54, 1.807) is 22.7 Å². The van der Waals surface area contributed by atoms with E-state index in [2.05, 4.69) is 0 Å². The van der Waals surface area contributed by atoms with Crippen LogP contribution in [0.4, 0.5) is 0 Å². The van der Waals surface area contributed by atoms with E-state index in [4.69, 9.17) is 14.1 Å². The number of carbonyl (C=O) groups excluding carboxylic acids is 1. The highest BCUT2D eigenvalue weighted by Crippen LogP contribution is 2.40. The van der Waals surface area contributed by atoms with Crippen LogP contribution in [0.3, 0.4) is 0 Å². The predicted molar refractivity (Wildman–Crippen MR) is 146 cm³/mol. The van der Waals surface area contributed by atoms with Crippen molar-refractivity contribution in [3.63, 3.8) is 0 Å². The molecule has 0 radical (unpaired) electrons. The van der Waals surface area contributed by atoms with Gasteiger partial charge in [-0.1, -0.05) is 41.7 Å². The van der Waals surface area contributed by atoms with Gasteiger partial charge < -0.3 is 14.1 Å². The van der Waals surface area contributed by atoms with Crippen molar-refractivity contribution in [1.82, 2.24) is 9.47 Å². The van der Waals surface area contributed by atoms with E-state index in [-0.39, 0.29) is 11.5 Å². The van der Waals surface area contributed by atoms with Crippen molar-refractivity contribution >= 4 is 34.1 Å². The van der Waals surface area contributed by atoms with Gasteiger partial charge in [-0.25, -0.2) is 4.99 Å². The first kappa shape index (κ1) is 24.8. The van der Waals surface area contributed by atoms with Crippen LogP contribution in [0.15, 0.2) is 74.0 Å². The minimum Gasteiger partial charge on any atom is -0.496 e. The SMILES string of the molecule is CCN(CC)C(=O)C1=C(C)N=c2s/c(=C/c3ccc(C)o3)c(=O)n2[C@H]1c1c(OC)ccc2ccccc12. The fourth-order valence-electron chi connectivity index (χ4n) is 4.95. The highest BCUT2D eigenvalue weighted by atomic mass is 32.1. The number of hydrogen-bond donors (Lipinski definition) is 0. The number of furan rings is 1. The van der Waals surface area contributed by atoms with Gasteiger partial charge in [-0.3, -0.25) is 14.2 Å². The Morgan fingerprint density at radius 3 is 2.57 bits per heavy atom. The molecule has 0 saturated carbocycles. The lowest BCUT2D eigenvalue weighted by molar-refractivity contribution is -0.127. The van der Waals surface area contributed by atoms with Crippen molar-refractivity contribution in [1.29, 1.82) is 0 Å². The largest absolute Gasteiger partial charge is 0.496 e. The number of aromatic nitrogens is 1. The summed E-state index contributed by atoms with van der Waals surface area (Å²) in [5.41, 5.74) is 1.62. The topological polar surface area (TPSA) is 77.0 Å². The zero-order chi connectivity index (χ0) is 26.3. The molecule has 0 saturated heterocycles. The summed E-state index contributed by atoms with van der Waals surface area (Å²) >= 11 is 1.29. The molecule has 0 spiro atoms. The summed E-state index contributed by atoms with van der Waals surface area (Å²) in [7, 11) is 1.61. The van der Waals surface area contributed by atoms with Crippen molar-refractivity contribution in [3.8, 4) is 5.75 Å². The predicted octanol–water partition coefficient (Wildman–Crippen LogP) is 4.17. The molecule has 3 heterocycles. The molecule has 8 heteroatoms. The summed E-state index contributed by atoms with van der Waals surface area (Å²) in [4.78, 5) is 35.0. The summed E-state index contributed by atoms with van der Waals surface area (Å²) in [6, 6.07) is 14.8. The number of amides is 1. The Bertz CT molecular complexity index is 1720. The van der Waals surface area contributed by atoms with Crippen LogP contribution in [0.5, 0.6) is 5.75 Å². The van der Waals surface area contributed by atoms with Gasteiger partial charge in [0.15, 0.2) is 4.80 Å². The molecule has 1 atom stereocenters. The number of benzene rings is 2. The Morgan fingerprint density at radius 2 is 1.89 bits per heavy atom. The number of nitrogens with zero attached hydrogens (tertiary/aromatic N) is 3. The molecule has 37 heavy (non-hydrogen) atoms. The average molecular weight is 516 g/mol. The van der Waals surface area contributed by atoms with Crippen molar-refractivity contribution in [3.05, 3.63) is 96.6 Å². The van der Waals surface area contributed by atoms with E-state index in [1.807, 2.05) is 76.2 Å². The highest BCUT2D eigenvalue weighted by molar-refractivity contribution is 7.07. The number of rotatable bonds is 6. The molecule has 1 aliphatic heterocycles. The van der Waals surface area contributed by atoms with Gasteiger partial charge in [0.25, 0.3) is 11.5 Å². The maximum absolute atomic E-state index is 14.0. The normalized spacial score (nSPS) is 15.6. The molecular formula is C29H29N3O4S. The molecular weight excluding hydrogens is 486 g/mol. The molecule has 0 fully saturated rings. The second-order valence-electron chi connectivity index (χ2n) is 8.91. The van der Waals surface area contributed by atoms with Crippen molar-refractivity contribution < 1.29 is 13.9 Å². The number of aryl methyl sites for hydroxylation is 1. The number of allylic oxidation sites excluding steroid dienone is 1. The molecule has 0 N–H and O–H groups in total.